The molecular weight excluding hydrogens is 334 g/mol. The summed E-state index contributed by atoms with van der Waals surface area (Å²) < 4.78 is 10.9. The van der Waals surface area contributed by atoms with Crippen molar-refractivity contribution in [3.05, 3.63) is 23.8 Å². The molecule has 1 saturated heterocycles. The van der Waals surface area contributed by atoms with E-state index in [1.807, 2.05) is 6.07 Å². The van der Waals surface area contributed by atoms with Crippen molar-refractivity contribution in [1.29, 1.82) is 0 Å². The molecule has 2 aliphatic heterocycles. The minimum Gasteiger partial charge on any atom is -0.454 e. The summed E-state index contributed by atoms with van der Waals surface area (Å²) in [7, 11) is 2.19. The quantitative estimate of drug-likeness (QED) is 0.811. The van der Waals surface area contributed by atoms with Gasteiger partial charge in [-0.1, -0.05) is 13.0 Å². The molecule has 5 nitrogen and oxygen atoms in total. The molecule has 6 heteroatoms. The number of nitrogens with zero attached hydrogens (tertiary/aromatic N) is 2. The van der Waals surface area contributed by atoms with Crippen LogP contribution in [-0.2, 0) is 6.54 Å². The first-order valence-corrected chi connectivity index (χ1v) is 9.62. The molecule has 1 N–H and O–H groups in total. The Morgan fingerprint density at radius 3 is 2.76 bits per heavy atom. The van der Waals surface area contributed by atoms with Crippen LogP contribution in [0.5, 0.6) is 11.5 Å². The molecular formula is C19H29N3O2S. The predicted molar refractivity (Wildman–Crippen MR) is 104 cm³/mol. The van der Waals surface area contributed by atoms with Crippen LogP contribution in [0, 0.1) is 0 Å². The molecule has 0 aliphatic carbocycles. The molecule has 0 spiro atoms. The van der Waals surface area contributed by atoms with Gasteiger partial charge in [-0.3, -0.25) is 0 Å². The summed E-state index contributed by atoms with van der Waals surface area (Å²) in [4.78, 5) is 4.76. The molecule has 2 aliphatic rings. The SMILES string of the molecule is CCC(C)NC(=S)N(Cc1ccc2c(c1)OCO2)C1CCN(C)CC1. The molecule has 138 valence electrons. The van der Waals surface area contributed by atoms with Crippen molar-refractivity contribution in [2.45, 2.75) is 51.7 Å². The summed E-state index contributed by atoms with van der Waals surface area (Å²) in [6.07, 6.45) is 3.35. The maximum Gasteiger partial charge on any atom is 0.231 e. The number of rotatable bonds is 5. The van der Waals surface area contributed by atoms with Crippen LogP contribution in [0.3, 0.4) is 0 Å². The zero-order chi connectivity index (χ0) is 17.8. The molecule has 1 aromatic rings. The van der Waals surface area contributed by atoms with Crippen LogP contribution >= 0.6 is 12.2 Å². The maximum absolute atomic E-state index is 5.77. The predicted octanol–water partition coefficient (Wildman–Crippen LogP) is 2.98. The van der Waals surface area contributed by atoms with Crippen LogP contribution in [-0.4, -0.2) is 53.9 Å². The fourth-order valence-corrected chi connectivity index (χ4v) is 3.72. The van der Waals surface area contributed by atoms with Crippen LogP contribution in [0.1, 0.15) is 38.7 Å². The number of hydrogen-bond donors (Lipinski definition) is 1. The highest BCUT2D eigenvalue weighted by molar-refractivity contribution is 7.80. The van der Waals surface area contributed by atoms with Gasteiger partial charge in [-0.15, -0.1) is 0 Å². The Morgan fingerprint density at radius 2 is 2.04 bits per heavy atom. The molecule has 3 rings (SSSR count). The molecule has 1 aromatic carbocycles. The molecule has 0 bridgehead atoms. The summed E-state index contributed by atoms with van der Waals surface area (Å²) in [6, 6.07) is 7.05. The van der Waals surface area contributed by atoms with Gasteiger partial charge in [-0.25, -0.2) is 0 Å². The number of thiocarbonyl (C=S) groups is 1. The van der Waals surface area contributed by atoms with Crippen molar-refractivity contribution >= 4 is 17.3 Å². The van der Waals surface area contributed by atoms with Gasteiger partial charge in [0.15, 0.2) is 16.6 Å². The van der Waals surface area contributed by atoms with Gasteiger partial charge in [-0.2, -0.15) is 0 Å². The van der Waals surface area contributed by atoms with E-state index in [0.29, 0.717) is 18.9 Å². The maximum atomic E-state index is 5.77. The highest BCUT2D eigenvalue weighted by atomic mass is 32.1. The monoisotopic (exact) mass is 363 g/mol. The van der Waals surface area contributed by atoms with E-state index >= 15 is 0 Å². The highest BCUT2D eigenvalue weighted by Crippen LogP contribution is 2.33. The van der Waals surface area contributed by atoms with Crippen molar-refractivity contribution in [3.8, 4) is 11.5 Å². The van der Waals surface area contributed by atoms with Crippen LogP contribution in [0.2, 0.25) is 0 Å². The third-order valence-corrected chi connectivity index (χ3v) is 5.51. The molecule has 0 radical (unpaired) electrons. The van der Waals surface area contributed by atoms with Gasteiger partial charge >= 0.3 is 0 Å². The number of hydrogen-bond acceptors (Lipinski definition) is 4. The molecule has 0 aromatic heterocycles. The molecule has 2 heterocycles. The van der Waals surface area contributed by atoms with E-state index in [2.05, 4.69) is 48.1 Å². The average Bonchev–Trinajstić information content (AvgIpc) is 3.08. The van der Waals surface area contributed by atoms with E-state index in [1.165, 1.54) is 5.56 Å². The van der Waals surface area contributed by atoms with E-state index in [9.17, 15) is 0 Å². The summed E-state index contributed by atoms with van der Waals surface area (Å²) in [6.45, 7) is 7.71. The Kier molecular flexibility index (Phi) is 6.02. The van der Waals surface area contributed by atoms with Crippen LogP contribution < -0.4 is 14.8 Å². The number of benzene rings is 1. The number of likely N-dealkylation sites (tertiary alicyclic amines) is 1. The second-order valence-corrected chi connectivity index (χ2v) is 7.50. The summed E-state index contributed by atoms with van der Waals surface area (Å²) >= 11 is 5.77. The first kappa shape index (κ1) is 18.3. The van der Waals surface area contributed by atoms with Crippen LogP contribution in [0.4, 0.5) is 0 Å². The zero-order valence-electron chi connectivity index (χ0n) is 15.5. The second kappa shape index (κ2) is 8.23. The first-order valence-electron chi connectivity index (χ1n) is 9.21. The summed E-state index contributed by atoms with van der Waals surface area (Å²) in [5.74, 6) is 1.66. The standard InChI is InChI=1S/C19H29N3O2S/c1-4-14(2)20-19(25)22(16-7-9-21(3)10-8-16)12-15-5-6-17-18(11-15)24-13-23-17/h5-6,11,14,16H,4,7-10,12-13H2,1-3H3,(H,20,25). The normalized spacial score (nSPS) is 18.8. The minimum atomic E-state index is 0.311. The van der Waals surface area contributed by atoms with Gasteiger partial charge in [0.2, 0.25) is 6.79 Å². The van der Waals surface area contributed by atoms with Crippen molar-refractivity contribution in [3.63, 3.8) is 0 Å². The summed E-state index contributed by atoms with van der Waals surface area (Å²) in [5.41, 5.74) is 1.21. The second-order valence-electron chi connectivity index (χ2n) is 7.11. The lowest BCUT2D eigenvalue weighted by Gasteiger charge is -2.39. The lowest BCUT2D eigenvalue weighted by molar-refractivity contribution is 0.169. The fraction of sp³-hybridized carbons (Fsp3) is 0.632. The van der Waals surface area contributed by atoms with Crippen molar-refractivity contribution in [2.24, 2.45) is 0 Å². The van der Waals surface area contributed by atoms with Gasteiger partial charge in [0.25, 0.3) is 0 Å². The molecule has 25 heavy (non-hydrogen) atoms. The molecule has 1 unspecified atom stereocenters. The Bertz CT molecular complexity index is 602. The Hall–Kier alpha value is -1.53. The van der Waals surface area contributed by atoms with Gasteiger partial charge < -0.3 is 24.6 Å². The van der Waals surface area contributed by atoms with Gasteiger partial charge in [-0.05, 0) is 76.2 Å². The minimum absolute atomic E-state index is 0.311. The van der Waals surface area contributed by atoms with Crippen LogP contribution in [0.15, 0.2) is 18.2 Å². The highest BCUT2D eigenvalue weighted by Gasteiger charge is 2.26. The number of ether oxygens (including phenoxy) is 2. The molecule has 1 atom stereocenters. The number of piperidine rings is 1. The lowest BCUT2D eigenvalue weighted by atomic mass is 10.0. The fourth-order valence-electron chi connectivity index (χ4n) is 3.31. The van der Waals surface area contributed by atoms with Crippen LogP contribution in [0.25, 0.3) is 0 Å². The average molecular weight is 364 g/mol. The van der Waals surface area contributed by atoms with Gasteiger partial charge in [0.05, 0.1) is 0 Å². The Balaban J connectivity index is 1.74. The molecule has 1 fully saturated rings. The summed E-state index contributed by atoms with van der Waals surface area (Å²) in [5, 5.41) is 4.36. The molecule has 0 saturated carbocycles. The van der Waals surface area contributed by atoms with E-state index in [4.69, 9.17) is 21.7 Å². The first-order chi connectivity index (χ1) is 12.1. The third kappa shape index (κ3) is 4.55. The van der Waals surface area contributed by atoms with Gasteiger partial charge in [0, 0.05) is 18.6 Å². The smallest absolute Gasteiger partial charge is 0.231 e. The van der Waals surface area contributed by atoms with Gasteiger partial charge in [0.1, 0.15) is 0 Å². The van der Waals surface area contributed by atoms with E-state index < -0.39 is 0 Å². The number of nitrogens with one attached hydrogen (secondary N) is 1. The van der Waals surface area contributed by atoms with Crippen molar-refractivity contribution in [2.75, 3.05) is 26.9 Å². The number of fused-ring (bicyclic) bond motifs is 1. The Labute approximate surface area is 156 Å². The van der Waals surface area contributed by atoms with Crippen molar-refractivity contribution in [1.82, 2.24) is 15.1 Å². The van der Waals surface area contributed by atoms with E-state index in [-0.39, 0.29) is 0 Å². The lowest BCUT2D eigenvalue weighted by Crippen LogP contribution is -2.51. The van der Waals surface area contributed by atoms with E-state index in [1.54, 1.807) is 0 Å². The third-order valence-electron chi connectivity index (χ3n) is 5.16. The Morgan fingerprint density at radius 1 is 1.32 bits per heavy atom. The molecule has 0 amide bonds. The zero-order valence-corrected chi connectivity index (χ0v) is 16.3. The largest absolute Gasteiger partial charge is 0.454 e. The topological polar surface area (TPSA) is 37.0 Å². The van der Waals surface area contributed by atoms with Crippen molar-refractivity contribution < 1.29 is 9.47 Å². The van der Waals surface area contributed by atoms with E-state index in [0.717, 1.165) is 55.5 Å².